The Labute approximate surface area is 160 Å². The number of amides is 2. The molecule has 4 rings (SSSR count). The van der Waals surface area contributed by atoms with Crippen LogP contribution in [0.25, 0.3) is 0 Å². The SMILES string of the molecule is COc1nc2c(cc1CN1C[C@H]3CCN(C)C(=O)[C@H]3C1)C(=O)N(C(C)C)C2. The smallest absolute Gasteiger partial charge is 0.256 e. The van der Waals surface area contributed by atoms with E-state index in [9.17, 15) is 9.59 Å². The van der Waals surface area contributed by atoms with Crippen molar-refractivity contribution >= 4 is 11.8 Å². The van der Waals surface area contributed by atoms with E-state index in [2.05, 4.69) is 9.88 Å². The van der Waals surface area contributed by atoms with Gasteiger partial charge in [-0.15, -0.1) is 0 Å². The van der Waals surface area contributed by atoms with E-state index in [1.807, 2.05) is 36.8 Å². The van der Waals surface area contributed by atoms with Gasteiger partial charge in [0, 0.05) is 44.8 Å². The van der Waals surface area contributed by atoms with E-state index in [1.54, 1.807) is 7.11 Å². The van der Waals surface area contributed by atoms with Gasteiger partial charge in [0.05, 0.1) is 30.8 Å². The lowest BCUT2D eigenvalue weighted by molar-refractivity contribution is -0.137. The maximum absolute atomic E-state index is 12.7. The summed E-state index contributed by atoms with van der Waals surface area (Å²) in [4.78, 5) is 35.7. The van der Waals surface area contributed by atoms with Crippen LogP contribution in [0.4, 0.5) is 0 Å². The molecule has 1 aromatic heterocycles. The van der Waals surface area contributed by atoms with Crippen molar-refractivity contribution in [2.45, 2.75) is 39.4 Å². The van der Waals surface area contributed by atoms with Crippen molar-refractivity contribution in [3.05, 3.63) is 22.9 Å². The second kappa shape index (κ2) is 6.78. The Bertz CT molecular complexity index is 779. The van der Waals surface area contributed by atoms with Gasteiger partial charge in [0.25, 0.3) is 5.91 Å². The summed E-state index contributed by atoms with van der Waals surface area (Å²) in [7, 11) is 3.51. The van der Waals surface area contributed by atoms with E-state index in [0.717, 1.165) is 37.3 Å². The van der Waals surface area contributed by atoms with Gasteiger partial charge < -0.3 is 14.5 Å². The van der Waals surface area contributed by atoms with Gasteiger partial charge in [-0.25, -0.2) is 4.98 Å². The first-order chi connectivity index (χ1) is 12.9. The van der Waals surface area contributed by atoms with Gasteiger partial charge in [-0.2, -0.15) is 0 Å². The van der Waals surface area contributed by atoms with Gasteiger partial charge in [-0.05, 0) is 32.3 Å². The van der Waals surface area contributed by atoms with E-state index < -0.39 is 0 Å². The van der Waals surface area contributed by atoms with Crippen LogP contribution in [0.15, 0.2) is 6.07 Å². The summed E-state index contributed by atoms with van der Waals surface area (Å²) in [6.45, 7) is 7.75. The van der Waals surface area contributed by atoms with Gasteiger partial charge in [0.1, 0.15) is 0 Å². The summed E-state index contributed by atoms with van der Waals surface area (Å²) < 4.78 is 5.53. The summed E-state index contributed by atoms with van der Waals surface area (Å²) >= 11 is 0. The molecule has 0 aliphatic carbocycles. The monoisotopic (exact) mass is 372 g/mol. The second-order valence-corrected chi connectivity index (χ2v) is 8.29. The fourth-order valence-corrected chi connectivity index (χ4v) is 4.63. The molecule has 3 aliphatic heterocycles. The van der Waals surface area contributed by atoms with Crippen LogP contribution in [0.3, 0.4) is 0 Å². The molecule has 0 N–H and O–H groups in total. The predicted octanol–water partition coefficient (Wildman–Crippen LogP) is 1.36. The molecule has 0 unspecified atom stereocenters. The summed E-state index contributed by atoms with van der Waals surface area (Å²) in [6.07, 6.45) is 1.06. The average Bonchev–Trinajstić information content (AvgIpc) is 3.19. The minimum atomic E-state index is 0.0447. The quantitative estimate of drug-likeness (QED) is 0.799. The Balaban J connectivity index is 1.55. The Morgan fingerprint density at radius 2 is 2.07 bits per heavy atom. The van der Waals surface area contributed by atoms with Crippen molar-refractivity contribution in [3.8, 4) is 5.88 Å². The number of methoxy groups -OCH3 is 1. The number of piperidine rings is 1. The van der Waals surface area contributed by atoms with Crippen LogP contribution in [0, 0.1) is 11.8 Å². The van der Waals surface area contributed by atoms with Gasteiger partial charge in [-0.3, -0.25) is 14.5 Å². The minimum Gasteiger partial charge on any atom is -0.481 e. The predicted molar refractivity (Wildman–Crippen MR) is 100 cm³/mol. The number of carbonyl (C=O) groups excluding carboxylic acids is 2. The number of nitrogens with zero attached hydrogens (tertiary/aromatic N) is 4. The molecule has 0 radical (unpaired) electrons. The number of pyridine rings is 1. The number of hydrogen-bond acceptors (Lipinski definition) is 5. The van der Waals surface area contributed by atoms with Crippen molar-refractivity contribution in [1.82, 2.24) is 19.7 Å². The summed E-state index contributed by atoms with van der Waals surface area (Å²) in [5.41, 5.74) is 2.41. The van der Waals surface area contributed by atoms with Crippen LogP contribution >= 0.6 is 0 Å². The van der Waals surface area contributed by atoms with Crippen LogP contribution in [0.5, 0.6) is 5.88 Å². The standard InChI is InChI=1S/C20H28N4O3/c1-12(2)24-11-17-15(20(24)26)7-14(18(21-17)27-4)9-23-8-13-5-6-22(3)19(25)16(13)10-23/h7,12-13,16H,5-6,8-11H2,1-4H3/t13-,16+/m1/s1. The first-order valence-electron chi connectivity index (χ1n) is 9.74. The van der Waals surface area contributed by atoms with Crippen molar-refractivity contribution < 1.29 is 14.3 Å². The van der Waals surface area contributed by atoms with Crippen LogP contribution in [0.1, 0.15) is 41.9 Å². The molecule has 146 valence electrons. The molecule has 7 heteroatoms. The van der Waals surface area contributed by atoms with E-state index in [0.29, 0.717) is 30.5 Å². The van der Waals surface area contributed by atoms with E-state index in [4.69, 9.17) is 4.74 Å². The minimum absolute atomic E-state index is 0.0447. The van der Waals surface area contributed by atoms with Crippen molar-refractivity contribution in [3.63, 3.8) is 0 Å². The van der Waals surface area contributed by atoms with Crippen LogP contribution in [-0.2, 0) is 17.9 Å². The highest BCUT2D eigenvalue weighted by Gasteiger charge is 2.42. The summed E-state index contributed by atoms with van der Waals surface area (Å²) in [5.74, 6) is 1.42. The van der Waals surface area contributed by atoms with E-state index >= 15 is 0 Å². The van der Waals surface area contributed by atoms with Crippen molar-refractivity contribution in [2.75, 3.05) is 33.8 Å². The van der Waals surface area contributed by atoms with Crippen LogP contribution in [-0.4, -0.2) is 71.3 Å². The topological polar surface area (TPSA) is 66.0 Å². The third-order valence-corrected chi connectivity index (χ3v) is 6.21. The zero-order valence-electron chi connectivity index (χ0n) is 16.6. The lowest BCUT2D eigenvalue weighted by atomic mass is 9.88. The molecule has 2 saturated heterocycles. The molecule has 4 heterocycles. The average molecular weight is 372 g/mol. The van der Waals surface area contributed by atoms with E-state index in [1.165, 1.54) is 0 Å². The van der Waals surface area contributed by atoms with Gasteiger partial charge in [0.2, 0.25) is 11.8 Å². The summed E-state index contributed by atoms with van der Waals surface area (Å²) in [5, 5.41) is 0. The molecule has 2 fully saturated rings. The van der Waals surface area contributed by atoms with Crippen molar-refractivity contribution in [1.29, 1.82) is 0 Å². The highest BCUT2D eigenvalue weighted by Crippen LogP contribution is 2.34. The van der Waals surface area contributed by atoms with Gasteiger partial charge in [0.15, 0.2) is 0 Å². The van der Waals surface area contributed by atoms with Crippen LogP contribution < -0.4 is 4.74 Å². The first-order valence-corrected chi connectivity index (χ1v) is 9.74. The zero-order chi connectivity index (χ0) is 19.3. The largest absolute Gasteiger partial charge is 0.481 e. The number of ether oxygens (including phenoxy) is 1. The zero-order valence-corrected chi connectivity index (χ0v) is 16.6. The lowest BCUT2D eigenvalue weighted by Gasteiger charge is -2.30. The number of hydrogen-bond donors (Lipinski definition) is 0. The number of carbonyl (C=O) groups is 2. The molecular weight excluding hydrogens is 344 g/mol. The molecule has 2 amide bonds. The highest BCUT2D eigenvalue weighted by molar-refractivity contribution is 5.98. The number of fused-ring (bicyclic) bond motifs is 2. The molecule has 27 heavy (non-hydrogen) atoms. The molecule has 2 atom stereocenters. The Kier molecular flexibility index (Phi) is 4.58. The van der Waals surface area contributed by atoms with Gasteiger partial charge in [-0.1, -0.05) is 0 Å². The van der Waals surface area contributed by atoms with E-state index in [-0.39, 0.29) is 23.8 Å². The molecule has 1 aromatic rings. The molecule has 3 aliphatic rings. The Morgan fingerprint density at radius 1 is 1.30 bits per heavy atom. The Hall–Kier alpha value is -2.15. The number of rotatable bonds is 4. The lowest BCUT2D eigenvalue weighted by Crippen LogP contribution is -2.42. The van der Waals surface area contributed by atoms with Crippen molar-refractivity contribution in [2.24, 2.45) is 11.8 Å². The highest BCUT2D eigenvalue weighted by atomic mass is 16.5. The third-order valence-electron chi connectivity index (χ3n) is 6.21. The number of aromatic nitrogens is 1. The van der Waals surface area contributed by atoms with Crippen LogP contribution in [0.2, 0.25) is 0 Å². The molecule has 7 nitrogen and oxygen atoms in total. The Morgan fingerprint density at radius 3 is 2.78 bits per heavy atom. The fourth-order valence-electron chi connectivity index (χ4n) is 4.63. The first kappa shape index (κ1) is 18.2. The summed E-state index contributed by atoms with van der Waals surface area (Å²) in [6, 6.07) is 2.09. The third kappa shape index (κ3) is 3.08. The molecule has 0 saturated carbocycles. The molecule has 0 bridgehead atoms. The molecular formula is C20H28N4O3. The normalized spacial score (nSPS) is 25.4. The fraction of sp³-hybridized carbons (Fsp3) is 0.650. The number of likely N-dealkylation sites (tertiary alicyclic amines) is 2. The second-order valence-electron chi connectivity index (χ2n) is 8.29. The van der Waals surface area contributed by atoms with Gasteiger partial charge >= 0.3 is 0 Å². The maximum Gasteiger partial charge on any atom is 0.256 e. The molecule has 0 aromatic carbocycles. The molecule has 0 spiro atoms. The maximum atomic E-state index is 12.7.